The van der Waals surface area contributed by atoms with E-state index in [4.69, 9.17) is 5.73 Å². The highest BCUT2D eigenvalue weighted by molar-refractivity contribution is 7.98. The largest absolute Gasteiger partial charge is 0.327 e. The Kier molecular flexibility index (Phi) is 7.49. The van der Waals surface area contributed by atoms with Crippen LogP contribution in [0.5, 0.6) is 0 Å². The van der Waals surface area contributed by atoms with Crippen molar-refractivity contribution in [3.8, 4) is 0 Å². The van der Waals surface area contributed by atoms with E-state index in [-0.39, 0.29) is 0 Å². The third kappa shape index (κ3) is 6.44. The third-order valence-electron chi connectivity index (χ3n) is 3.13. The highest BCUT2D eigenvalue weighted by Gasteiger charge is 2.11. The monoisotopic (exact) mass is 230 g/mol. The number of rotatable bonds is 5. The molecule has 0 radical (unpaired) electrons. The first kappa shape index (κ1) is 13.3. The van der Waals surface area contributed by atoms with Crippen LogP contribution in [-0.4, -0.2) is 42.6 Å². The quantitative estimate of drug-likeness (QED) is 0.786. The molecule has 0 aliphatic carbocycles. The van der Waals surface area contributed by atoms with Crippen LogP contribution in [0.15, 0.2) is 0 Å². The Morgan fingerprint density at radius 3 is 2.33 bits per heavy atom. The normalized spacial score (nSPS) is 22.0. The second kappa shape index (κ2) is 8.43. The molecule has 90 valence electrons. The van der Waals surface area contributed by atoms with Gasteiger partial charge in [-0.15, -0.1) is 0 Å². The summed E-state index contributed by atoms with van der Waals surface area (Å²) in [4.78, 5) is 2.57. The van der Waals surface area contributed by atoms with Gasteiger partial charge in [-0.2, -0.15) is 11.8 Å². The van der Waals surface area contributed by atoms with Gasteiger partial charge >= 0.3 is 0 Å². The Hall–Kier alpha value is 0.270. The molecule has 1 rings (SSSR count). The number of likely N-dealkylation sites (tertiary alicyclic amines) is 1. The minimum absolute atomic E-state index is 0.386. The van der Waals surface area contributed by atoms with Crippen molar-refractivity contribution in [2.24, 2.45) is 5.73 Å². The molecule has 1 heterocycles. The molecule has 2 nitrogen and oxygen atoms in total. The molecule has 1 aliphatic rings. The summed E-state index contributed by atoms with van der Waals surface area (Å²) >= 11 is 1.90. The van der Waals surface area contributed by atoms with Crippen LogP contribution < -0.4 is 5.73 Å². The molecule has 1 saturated heterocycles. The van der Waals surface area contributed by atoms with E-state index in [2.05, 4.69) is 11.2 Å². The zero-order chi connectivity index (χ0) is 10.9. The molecule has 0 bridgehead atoms. The second-order valence-corrected chi connectivity index (χ2v) is 5.60. The van der Waals surface area contributed by atoms with E-state index in [1.54, 1.807) is 0 Å². The lowest BCUT2D eigenvalue weighted by molar-refractivity contribution is 0.232. The topological polar surface area (TPSA) is 29.3 Å². The summed E-state index contributed by atoms with van der Waals surface area (Å²) in [6, 6.07) is 0.386. The van der Waals surface area contributed by atoms with Gasteiger partial charge in [0.2, 0.25) is 0 Å². The van der Waals surface area contributed by atoms with E-state index >= 15 is 0 Å². The van der Waals surface area contributed by atoms with Crippen LogP contribution in [0, 0.1) is 0 Å². The maximum Gasteiger partial charge on any atom is 0.0175 e. The first-order valence-corrected chi connectivity index (χ1v) is 7.69. The standard InChI is InChI=1S/C12H26N2S/c1-15-10-7-12(13)11-14-8-5-3-2-4-6-9-14/h12H,2-11,13H2,1H3. The summed E-state index contributed by atoms with van der Waals surface area (Å²) in [5.41, 5.74) is 6.13. The van der Waals surface area contributed by atoms with Crippen molar-refractivity contribution in [2.45, 2.75) is 44.6 Å². The van der Waals surface area contributed by atoms with Crippen molar-refractivity contribution in [1.29, 1.82) is 0 Å². The zero-order valence-electron chi connectivity index (χ0n) is 10.1. The van der Waals surface area contributed by atoms with Gasteiger partial charge in [-0.3, -0.25) is 0 Å². The van der Waals surface area contributed by atoms with Crippen LogP contribution >= 0.6 is 11.8 Å². The maximum absolute atomic E-state index is 6.13. The van der Waals surface area contributed by atoms with Crippen molar-refractivity contribution in [3.05, 3.63) is 0 Å². The van der Waals surface area contributed by atoms with Crippen molar-refractivity contribution in [3.63, 3.8) is 0 Å². The van der Waals surface area contributed by atoms with E-state index in [0.717, 1.165) is 13.0 Å². The summed E-state index contributed by atoms with van der Waals surface area (Å²) in [6.07, 6.45) is 10.3. The van der Waals surface area contributed by atoms with Crippen LogP contribution in [0.2, 0.25) is 0 Å². The van der Waals surface area contributed by atoms with Crippen LogP contribution in [0.25, 0.3) is 0 Å². The fourth-order valence-corrected chi connectivity index (χ4v) is 2.73. The SMILES string of the molecule is CSCCC(N)CN1CCCCCCC1. The number of hydrogen-bond donors (Lipinski definition) is 1. The third-order valence-corrected chi connectivity index (χ3v) is 3.78. The molecule has 0 aromatic carbocycles. The summed E-state index contributed by atoms with van der Waals surface area (Å²) in [5, 5.41) is 0. The van der Waals surface area contributed by atoms with Gasteiger partial charge in [-0.25, -0.2) is 0 Å². The minimum atomic E-state index is 0.386. The van der Waals surface area contributed by atoms with Gasteiger partial charge in [-0.1, -0.05) is 19.3 Å². The Bertz CT molecular complexity index is 145. The molecule has 2 N–H and O–H groups in total. The Morgan fingerprint density at radius 2 is 1.73 bits per heavy atom. The van der Waals surface area contributed by atoms with E-state index in [1.807, 2.05) is 11.8 Å². The molecule has 1 aliphatic heterocycles. The van der Waals surface area contributed by atoms with E-state index in [0.29, 0.717) is 6.04 Å². The van der Waals surface area contributed by atoms with Crippen molar-refractivity contribution < 1.29 is 0 Å². The molecule has 3 heteroatoms. The fourth-order valence-electron chi connectivity index (χ4n) is 2.19. The summed E-state index contributed by atoms with van der Waals surface area (Å²) in [7, 11) is 0. The predicted molar refractivity (Wildman–Crippen MR) is 70.5 cm³/mol. The Balaban J connectivity index is 2.16. The smallest absolute Gasteiger partial charge is 0.0175 e. The molecular weight excluding hydrogens is 204 g/mol. The van der Waals surface area contributed by atoms with Gasteiger partial charge in [0, 0.05) is 12.6 Å². The van der Waals surface area contributed by atoms with E-state index in [9.17, 15) is 0 Å². The molecule has 1 fully saturated rings. The molecule has 0 spiro atoms. The van der Waals surface area contributed by atoms with Gasteiger partial charge < -0.3 is 10.6 Å². The molecule has 0 amide bonds. The lowest BCUT2D eigenvalue weighted by Crippen LogP contribution is -2.39. The van der Waals surface area contributed by atoms with Gasteiger partial charge in [0.05, 0.1) is 0 Å². The summed E-state index contributed by atoms with van der Waals surface area (Å²) in [6.45, 7) is 3.65. The van der Waals surface area contributed by atoms with Gasteiger partial charge in [0.25, 0.3) is 0 Å². The molecule has 1 unspecified atom stereocenters. The highest BCUT2D eigenvalue weighted by atomic mass is 32.2. The van der Waals surface area contributed by atoms with Crippen molar-refractivity contribution in [1.82, 2.24) is 4.90 Å². The number of nitrogens with two attached hydrogens (primary N) is 1. The number of hydrogen-bond acceptors (Lipinski definition) is 3. The highest BCUT2D eigenvalue weighted by Crippen LogP contribution is 2.11. The summed E-state index contributed by atoms with van der Waals surface area (Å²) in [5.74, 6) is 1.20. The Labute approximate surface area is 99.0 Å². The maximum atomic E-state index is 6.13. The van der Waals surface area contributed by atoms with Crippen LogP contribution in [0.3, 0.4) is 0 Å². The Morgan fingerprint density at radius 1 is 1.13 bits per heavy atom. The van der Waals surface area contributed by atoms with E-state index < -0.39 is 0 Å². The molecule has 1 atom stereocenters. The first-order valence-electron chi connectivity index (χ1n) is 6.30. The number of nitrogens with zero attached hydrogens (tertiary/aromatic N) is 1. The zero-order valence-corrected chi connectivity index (χ0v) is 10.9. The van der Waals surface area contributed by atoms with E-state index in [1.165, 1.54) is 50.9 Å². The van der Waals surface area contributed by atoms with Gasteiger partial charge in [0.15, 0.2) is 0 Å². The van der Waals surface area contributed by atoms with Crippen LogP contribution in [0.1, 0.15) is 38.5 Å². The molecule has 15 heavy (non-hydrogen) atoms. The molecule has 0 aromatic heterocycles. The first-order chi connectivity index (χ1) is 7.33. The van der Waals surface area contributed by atoms with Crippen LogP contribution in [0.4, 0.5) is 0 Å². The lowest BCUT2D eigenvalue weighted by Gasteiger charge is -2.27. The lowest BCUT2D eigenvalue weighted by atomic mass is 10.1. The van der Waals surface area contributed by atoms with Crippen LogP contribution in [-0.2, 0) is 0 Å². The van der Waals surface area contributed by atoms with Crippen molar-refractivity contribution >= 4 is 11.8 Å². The van der Waals surface area contributed by atoms with Gasteiger partial charge in [-0.05, 0) is 44.4 Å². The summed E-state index contributed by atoms with van der Waals surface area (Å²) < 4.78 is 0. The molecule has 0 aromatic rings. The van der Waals surface area contributed by atoms with Gasteiger partial charge in [0.1, 0.15) is 0 Å². The average Bonchev–Trinajstić information content (AvgIpc) is 2.19. The minimum Gasteiger partial charge on any atom is -0.327 e. The predicted octanol–water partition coefficient (Wildman–Crippen LogP) is 2.33. The second-order valence-electron chi connectivity index (χ2n) is 4.61. The fraction of sp³-hybridized carbons (Fsp3) is 1.00. The molecule has 0 saturated carbocycles. The number of thioether (sulfide) groups is 1. The molecular formula is C12H26N2S. The average molecular weight is 230 g/mol. The van der Waals surface area contributed by atoms with Crippen molar-refractivity contribution in [2.75, 3.05) is 31.6 Å².